The Bertz CT molecular complexity index is 519. The number of nitrogens with zero attached hydrogens (tertiary/aromatic N) is 2. The normalized spacial score (nSPS) is 11.1. The van der Waals surface area contributed by atoms with Crippen molar-refractivity contribution < 1.29 is 0 Å². The summed E-state index contributed by atoms with van der Waals surface area (Å²) < 4.78 is 0. The summed E-state index contributed by atoms with van der Waals surface area (Å²) in [5.74, 6) is 0. The SMILES string of the molecule is CB(C)N(CCN(Cc1ccccc1)B(C)C)Cc1ccccc1. The molecule has 0 spiro atoms. The van der Waals surface area contributed by atoms with Gasteiger partial charge in [0, 0.05) is 13.1 Å². The Balaban J connectivity index is 1.95. The molecule has 0 amide bonds. The van der Waals surface area contributed by atoms with Crippen LogP contribution in [0.5, 0.6) is 0 Å². The molecule has 0 bridgehead atoms. The molecule has 2 rings (SSSR count). The van der Waals surface area contributed by atoms with Gasteiger partial charge in [0.05, 0.1) is 0 Å². The van der Waals surface area contributed by atoms with Crippen molar-refractivity contribution in [3.8, 4) is 0 Å². The van der Waals surface area contributed by atoms with Gasteiger partial charge in [-0.05, 0) is 24.2 Å². The average molecular weight is 320 g/mol. The topological polar surface area (TPSA) is 6.48 Å². The molecule has 0 aromatic heterocycles. The summed E-state index contributed by atoms with van der Waals surface area (Å²) in [7, 11) is 0. The summed E-state index contributed by atoms with van der Waals surface area (Å²) in [5, 5.41) is 0. The van der Waals surface area contributed by atoms with E-state index < -0.39 is 0 Å². The molecule has 0 aliphatic carbocycles. The predicted octanol–water partition coefficient (Wildman–Crippen LogP) is 4.49. The van der Waals surface area contributed by atoms with Gasteiger partial charge in [-0.15, -0.1) is 0 Å². The maximum absolute atomic E-state index is 2.57. The molecule has 0 heterocycles. The van der Waals surface area contributed by atoms with Gasteiger partial charge in [-0.2, -0.15) is 0 Å². The number of hydrogen-bond acceptors (Lipinski definition) is 2. The van der Waals surface area contributed by atoms with E-state index in [0.717, 1.165) is 26.2 Å². The van der Waals surface area contributed by atoms with Gasteiger partial charge in [0.25, 0.3) is 0 Å². The number of benzene rings is 2. The van der Waals surface area contributed by atoms with Crippen LogP contribution < -0.4 is 0 Å². The summed E-state index contributed by atoms with van der Waals surface area (Å²) in [4.78, 5) is 5.13. The van der Waals surface area contributed by atoms with Gasteiger partial charge in [-0.3, -0.25) is 0 Å². The van der Waals surface area contributed by atoms with E-state index in [9.17, 15) is 0 Å². The van der Waals surface area contributed by atoms with Crippen LogP contribution >= 0.6 is 0 Å². The minimum absolute atomic E-state index is 0.552. The molecule has 0 aliphatic heterocycles. The molecule has 126 valence electrons. The van der Waals surface area contributed by atoms with Crippen molar-refractivity contribution in [2.24, 2.45) is 0 Å². The minimum Gasteiger partial charge on any atom is -0.337 e. The summed E-state index contributed by atoms with van der Waals surface area (Å²) in [6, 6.07) is 21.6. The Labute approximate surface area is 149 Å². The lowest BCUT2D eigenvalue weighted by Crippen LogP contribution is -2.43. The highest BCUT2D eigenvalue weighted by molar-refractivity contribution is 6.53. The van der Waals surface area contributed by atoms with E-state index in [0.29, 0.717) is 13.7 Å². The van der Waals surface area contributed by atoms with Crippen LogP contribution in [0.25, 0.3) is 0 Å². The molecular formula is C20H30B2N2. The van der Waals surface area contributed by atoms with Gasteiger partial charge in [0.15, 0.2) is 0 Å². The van der Waals surface area contributed by atoms with Crippen molar-refractivity contribution in [3.05, 3.63) is 71.8 Å². The van der Waals surface area contributed by atoms with E-state index in [4.69, 9.17) is 0 Å². The molecule has 0 unspecified atom stereocenters. The van der Waals surface area contributed by atoms with E-state index in [1.54, 1.807) is 0 Å². The first-order valence-electron chi connectivity index (χ1n) is 9.12. The minimum atomic E-state index is 0.552. The summed E-state index contributed by atoms with van der Waals surface area (Å²) >= 11 is 0. The Morgan fingerprint density at radius 2 is 0.917 bits per heavy atom. The Hall–Kier alpha value is -1.51. The van der Waals surface area contributed by atoms with Crippen LogP contribution in [0, 0.1) is 0 Å². The zero-order valence-electron chi connectivity index (χ0n) is 15.7. The van der Waals surface area contributed by atoms with Crippen molar-refractivity contribution >= 4 is 13.7 Å². The van der Waals surface area contributed by atoms with Crippen LogP contribution in [0.4, 0.5) is 0 Å². The highest BCUT2D eigenvalue weighted by atomic mass is 15.1. The molecule has 2 aromatic rings. The molecule has 0 fully saturated rings. The standard InChI is InChI=1S/C20H30B2N2/c1-21(2)23(17-19-11-7-5-8-12-19)15-16-24(22(3)4)18-20-13-9-6-10-14-20/h5-14H,15-18H2,1-4H3. The maximum Gasteiger partial charge on any atom is 0.217 e. The third-order valence-electron chi connectivity index (χ3n) is 4.59. The summed E-state index contributed by atoms with van der Waals surface area (Å²) in [5.41, 5.74) is 2.79. The summed E-state index contributed by atoms with van der Waals surface area (Å²) in [6.45, 7) is 14.5. The highest BCUT2D eigenvalue weighted by Gasteiger charge is 2.17. The van der Waals surface area contributed by atoms with Crippen LogP contribution in [0.1, 0.15) is 11.1 Å². The van der Waals surface area contributed by atoms with Crippen LogP contribution in [-0.4, -0.2) is 36.4 Å². The van der Waals surface area contributed by atoms with E-state index in [1.165, 1.54) is 11.1 Å². The average Bonchev–Trinajstić information content (AvgIpc) is 2.58. The zero-order valence-corrected chi connectivity index (χ0v) is 15.7. The van der Waals surface area contributed by atoms with Crippen LogP contribution in [0.15, 0.2) is 60.7 Å². The third-order valence-corrected chi connectivity index (χ3v) is 4.59. The molecule has 0 saturated heterocycles. The predicted molar refractivity (Wildman–Crippen MR) is 109 cm³/mol. The van der Waals surface area contributed by atoms with Gasteiger partial charge >= 0.3 is 0 Å². The van der Waals surface area contributed by atoms with Gasteiger partial charge in [0.1, 0.15) is 0 Å². The molecule has 0 aliphatic rings. The van der Waals surface area contributed by atoms with E-state index >= 15 is 0 Å². The molecule has 4 heteroatoms. The number of rotatable bonds is 9. The van der Waals surface area contributed by atoms with Crippen LogP contribution in [0.2, 0.25) is 27.3 Å². The summed E-state index contributed by atoms with van der Waals surface area (Å²) in [6.07, 6.45) is 0. The fourth-order valence-electron chi connectivity index (χ4n) is 2.93. The first kappa shape index (κ1) is 18.8. The lowest BCUT2D eigenvalue weighted by molar-refractivity contribution is 0.346. The smallest absolute Gasteiger partial charge is 0.217 e. The van der Waals surface area contributed by atoms with Crippen molar-refractivity contribution in [3.63, 3.8) is 0 Å². The van der Waals surface area contributed by atoms with E-state index in [1.807, 2.05) is 0 Å². The van der Waals surface area contributed by atoms with Crippen molar-refractivity contribution in [1.29, 1.82) is 0 Å². The Morgan fingerprint density at radius 3 is 1.21 bits per heavy atom. The van der Waals surface area contributed by atoms with Crippen molar-refractivity contribution in [2.75, 3.05) is 13.1 Å². The first-order chi connectivity index (χ1) is 11.6. The molecule has 24 heavy (non-hydrogen) atoms. The Morgan fingerprint density at radius 1 is 0.583 bits per heavy atom. The molecule has 2 aromatic carbocycles. The second-order valence-corrected chi connectivity index (χ2v) is 7.10. The largest absolute Gasteiger partial charge is 0.337 e. The number of hydrogen-bond donors (Lipinski definition) is 0. The second-order valence-electron chi connectivity index (χ2n) is 7.10. The molecule has 0 saturated carbocycles. The maximum atomic E-state index is 2.57. The quantitative estimate of drug-likeness (QED) is 0.628. The molecule has 0 radical (unpaired) electrons. The highest BCUT2D eigenvalue weighted by Crippen LogP contribution is 2.10. The van der Waals surface area contributed by atoms with Crippen LogP contribution in [-0.2, 0) is 13.1 Å². The molecule has 0 atom stereocenters. The molecular weight excluding hydrogens is 290 g/mol. The van der Waals surface area contributed by atoms with Crippen molar-refractivity contribution in [1.82, 2.24) is 9.62 Å². The van der Waals surface area contributed by atoms with Gasteiger partial charge in [0.2, 0.25) is 13.7 Å². The second kappa shape index (κ2) is 9.71. The zero-order chi connectivity index (χ0) is 17.4. The van der Waals surface area contributed by atoms with E-state index in [2.05, 4.69) is 97.6 Å². The van der Waals surface area contributed by atoms with Crippen LogP contribution in [0.3, 0.4) is 0 Å². The molecule has 2 nitrogen and oxygen atoms in total. The third kappa shape index (κ3) is 6.18. The fourth-order valence-corrected chi connectivity index (χ4v) is 2.93. The fraction of sp³-hybridized carbons (Fsp3) is 0.400. The van der Waals surface area contributed by atoms with E-state index in [-0.39, 0.29) is 0 Å². The lowest BCUT2D eigenvalue weighted by atomic mass is 9.64. The van der Waals surface area contributed by atoms with Gasteiger partial charge in [-0.1, -0.05) is 88.0 Å². The molecule has 0 N–H and O–H groups in total. The lowest BCUT2D eigenvalue weighted by Gasteiger charge is -2.31. The first-order valence-corrected chi connectivity index (χ1v) is 9.12. The van der Waals surface area contributed by atoms with Gasteiger partial charge < -0.3 is 9.62 Å². The Kier molecular flexibility index (Phi) is 7.61. The van der Waals surface area contributed by atoms with Crippen molar-refractivity contribution in [2.45, 2.75) is 40.4 Å². The monoisotopic (exact) mass is 320 g/mol. The van der Waals surface area contributed by atoms with Gasteiger partial charge in [-0.25, -0.2) is 0 Å².